The van der Waals surface area contributed by atoms with Crippen LogP contribution < -0.4 is 10.9 Å². The molecule has 0 amide bonds. The number of hydrogen-bond donors (Lipinski definition) is 4. The Balaban J connectivity index is 1.18. The lowest BCUT2D eigenvalue weighted by Crippen LogP contribution is -2.67. The van der Waals surface area contributed by atoms with Gasteiger partial charge < -0.3 is 10.2 Å². The number of carbonyl (C=O) groups excluding carboxylic acids is 1. The van der Waals surface area contributed by atoms with Crippen molar-refractivity contribution in [1.29, 1.82) is 0 Å². The van der Waals surface area contributed by atoms with Crippen molar-refractivity contribution in [3.05, 3.63) is 12.2 Å². The number of aliphatic carboxylic acids is 1. The molecule has 0 radical (unpaired) electrons. The van der Waals surface area contributed by atoms with Crippen LogP contribution in [0, 0.1) is 56.7 Å². The summed E-state index contributed by atoms with van der Waals surface area (Å²) in [6, 6.07) is 0. The number of hydrazine groups is 1. The van der Waals surface area contributed by atoms with Gasteiger partial charge in [0.15, 0.2) is 5.78 Å². The molecule has 10 atom stereocenters. The SMILES string of the molecule is C=C(C)[C@@H]1CC[C@]2(C(=O)CNNCCCCCCCCCCC(=O)O)CC[C@]3(C)[C@H](CC[C@@H]4[C@@]5(C)CC[C@H](O)C(C)(C)[C@@H]5CC[C@]43C)[C@@H]12. The average molecular weight is 669 g/mol. The second kappa shape index (κ2) is 14.8. The first-order valence-corrected chi connectivity index (χ1v) is 20.2. The molecule has 6 heteroatoms. The summed E-state index contributed by atoms with van der Waals surface area (Å²) in [5.41, 5.74) is 8.53. The number of aliphatic hydroxyl groups is 1. The smallest absolute Gasteiger partial charge is 0.303 e. The van der Waals surface area contributed by atoms with E-state index in [1.807, 2.05) is 0 Å². The molecule has 5 rings (SSSR count). The zero-order valence-corrected chi connectivity index (χ0v) is 31.7. The topological polar surface area (TPSA) is 98.7 Å². The second-order valence-electron chi connectivity index (χ2n) is 18.9. The number of carboxylic acids is 1. The number of rotatable bonds is 16. The zero-order chi connectivity index (χ0) is 35.0. The highest BCUT2D eigenvalue weighted by molar-refractivity contribution is 5.87. The first-order chi connectivity index (χ1) is 22.6. The molecule has 5 saturated carbocycles. The van der Waals surface area contributed by atoms with Gasteiger partial charge in [-0.05, 0) is 135 Å². The van der Waals surface area contributed by atoms with Crippen LogP contribution in [0.3, 0.4) is 0 Å². The van der Waals surface area contributed by atoms with Crippen LogP contribution in [-0.4, -0.2) is 41.2 Å². The maximum absolute atomic E-state index is 14.4. The number of aliphatic hydroxyl groups excluding tert-OH is 1. The van der Waals surface area contributed by atoms with Crippen molar-refractivity contribution in [3.8, 4) is 0 Å². The molecule has 5 fully saturated rings. The van der Waals surface area contributed by atoms with Gasteiger partial charge in [0, 0.05) is 18.4 Å². The molecule has 0 spiro atoms. The van der Waals surface area contributed by atoms with Crippen LogP contribution in [0.2, 0.25) is 0 Å². The van der Waals surface area contributed by atoms with Crippen molar-refractivity contribution in [3.63, 3.8) is 0 Å². The molecule has 0 bridgehead atoms. The normalized spacial score (nSPS) is 41.5. The van der Waals surface area contributed by atoms with Crippen LogP contribution in [0.4, 0.5) is 0 Å². The molecule has 0 unspecified atom stereocenters. The molecule has 0 heterocycles. The molecule has 0 aromatic heterocycles. The van der Waals surface area contributed by atoms with Crippen molar-refractivity contribution >= 4 is 11.8 Å². The van der Waals surface area contributed by atoms with E-state index >= 15 is 0 Å². The molecule has 0 aromatic carbocycles. The lowest BCUT2D eigenvalue weighted by Gasteiger charge is -2.72. The summed E-state index contributed by atoms with van der Waals surface area (Å²) >= 11 is 0. The third-order valence-corrected chi connectivity index (χ3v) is 16.4. The number of ketones is 1. The molecule has 0 aliphatic heterocycles. The predicted octanol–water partition coefficient (Wildman–Crippen LogP) is 9.26. The van der Waals surface area contributed by atoms with E-state index < -0.39 is 5.97 Å². The Kier molecular flexibility index (Phi) is 11.7. The summed E-state index contributed by atoms with van der Waals surface area (Å²) < 4.78 is 0. The fourth-order valence-corrected chi connectivity index (χ4v) is 13.6. The number of hydrogen-bond acceptors (Lipinski definition) is 5. The molecule has 274 valence electrons. The standard InChI is InChI=1S/C42H72N2O4/c1-29(2)30-19-24-42(35(46)28-44-43-27-15-13-11-9-8-10-12-14-16-36(47)48)26-25-40(6)31(37(30)42)17-18-33-39(5)22-21-34(45)38(3,4)32(39)20-23-41(33,40)7/h30-34,37,43-45H,1,8-28H2,2-7H3,(H,47,48)/t30-,31+,32-,33+,34-,37+,39-,40+,41+,42+/m0/s1. The zero-order valence-electron chi connectivity index (χ0n) is 31.7. The van der Waals surface area contributed by atoms with Crippen molar-refractivity contribution in [2.24, 2.45) is 56.7 Å². The van der Waals surface area contributed by atoms with Gasteiger partial charge >= 0.3 is 5.97 Å². The number of carbonyl (C=O) groups is 2. The fraction of sp³-hybridized carbons (Fsp3) is 0.905. The first-order valence-electron chi connectivity index (χ1n) is 20.2. The van der Waals surface area contributed by atoms with Gasteiger partial charge in [0.25, 0.3) is 0 Å². The number of unbranched alkanes of at least 4 members (excludes halogenated alkanes) is 7. The summed E-state index contributed by atoms with van der Waals surface area (Å²) in [5, 5.41) is 19.8. The quantitative estimate of drug-likeness (QED) is 0.0744. The van der Waals surface area contributed by atoms with E-state index in [1.165, 1.54) is 56.9 Å². The fourth-order valence-electron chi connectivity index (χ4n) is 13.6. The van der Waals surface area contributed by atoms with Crippen LogP contribution in [0.25, 0.3) is 0 Å². The summed E-state index contributed by atoms with van der Waals surface area (Å²) in [7, 11) is 0. The Hall–Kier alpha value is -1.24. The molecule has 0 saturated heterocycles. The van der Waals surface area contributed by atoms with E-state index in [-0.39, 0.29) is 33.2 Å². The monoisotopic (exact) mass is 669 g/mol. The number of fused-ring (bicyclic) bond motifs is 7. The Morgan fingerprint density at radius 3 is 2.06 bits per heavy atom. The van der Waals surface area contributed by atoms with Crippen LogP contribution >= 0.6 is 0 Å². The predicted molar refractivity (Wildman–Crippen MR) is 195 cm³/mol. The molecule has 48 heavy (non-hydrogen) atoms. The van der Waals surface area contributed by atoms with E-state index in [1.54, 1.807) is 0 Å². The molecular formula is C42H72N2O4. The Bertz CT molecular complexity index is 1170. The molecule has 5 aliphatic carbocycles. The Labute approximate surface area is 293 Å². The van der Waals surface area contributed by atoms with E-state index in [9.17, 15) is 14.7 Å². The molecule has 4 N–H and O–H groups in total. The maximum Gasteiger partial charge on any atom is 0.303 e. The van der Waals surface area contributed by atoms with E-state index in [4.69, 9.17) is 5.11 Å². The Morgan fingerprint density at radius 2 is 1.40 bits per heavy atom. The minimum atomic E-state index is -0.687. The van der Waals surface area contributed by atoms with Gasteiger partial charge in [-0.3, -0.25) is 20.4 Å². The van der Waals surface area contributed by atoms with Gasteiger partial charge in [0.1, 0.15) is 0 Å². The van der Waals surface area contributed by atoms with Crippen LogP contribution in [0.5, 0.6) is 0 Å². The Morgan fingerprint density at radius 1 is 0.729 bits per heavy atom. The number of nitrogens with one attached hydrogen (secondary N) is 2. The van der Waals surface area contributed by atoms with E-state index in [2.05, 4.69) is 59.0 Å². The average Bonchev–Trinajstić information content (AvgIpc) is 3.43. The van der Waals surface area contributed by atoms with E-state index in [0.717, 1.165) is 70.8 Å². The van der Waals surface area contributed by atoms with Crippen molar-refractivity contribution in [2.75, 3.05) is 13.1 Å². The highest BCUT2D eigenvalue weighted by Crippen LogP contribution is 2.77. The largest absolute Gasteiger partial charge is 0.481 e. The van der Waals surface area contributed by atoms with E-state index in [0.29, 0.717) is 48.3 Å². The lowest BCUT2D eigenvalue weighted by molar-refractivity contribution is -0.246. The maximum atomic E-state index is 14.4. The second-order valence-corrected chi connectivity index (χ2v) is 18.9. The highest BCUT2D eigenvalue weighted by Gasteiger charge is 2.71. The van der Waals surface area contributed by atoms with Crippen LogP contribution in [0.1, 0.15) is 164 Å². The summed E-state index contributed by atoms with van der Waals surface area (Å²) in [6.07, 6.45) is 20.3. The molecule has 0 aromatic rings. The molecule has 6 nitrogen and oxygen atoms in total. The van der Waals surface area contributed by atoms with Crippen molar-refractivity contribution < 1.29 is 19.8 Å². The minimum absolute atomic E-state index is 0.0245. The lowest BCUT2D eigenvalue weighted by atomic mass is 9.32. The highest BCUT2D eigenvalue weighted by atomic mass is 16.4. The summed E-state index contributed by atoms with van der Waals surface area (Å²) in [5.74, 6) is 2.41. The van der Waals surface area contributed by atoms with Gasteiger partial charge in [-0.1, -0.05) is 85.3 Å². The minimum Gasteiger partial charge on any atom is -0.481 e. The summed E-state index contributed by atoms with van der Waals surface area (Å²) in [6.45, 7) is 20.6. The molecule has 5 aliphatic rings. The third-order valence-electron chi connectivity index (χ3n) is 16.4. The molecular weight excluding hydrogens is 596 g/mol. The number of carboxylic acid groups (broad SMARTS) is 1. The van der Waals surface area contributed by atoms with Crippen LogP contribution in [0.15, 0.2) is 12.2 Å². The van der Waals surface area contributed by atoms with Crippen LogP contribution in [-0.2, 0) is 9.59 Å². The summed E-state index contributed by atoms with van der Waals surface area (Å²) in [4.78, 5) is 25.0. The number of allylic oxidation sites excluding steroid dienone is 1. The van der Waals surface area contributed by atoms with Gasteiger partial charge in [0.2, 0.25) is 0 Å². The van der Waals surface area contributed by atoms with Gasteiger partial charge in [-0.25, -0.2) is 0 Å². The number of Topliss-reactive ketones (excluding diaryl/α,β-unsaturated/α-hetero) is 1. The van der Waals surface area contributed by atoms with Gasteiger partial charge in [0.05, 0.1) is 12.6 Å². The third kappa shape index (κ3) is 6.62. The van der Waals surface area contributed by atoms with Crippen molar-refractivity contribution in [2.45, 2.75) is 170 Å². The van der Waals surface area contributed by atoms with Gasteiger partial charge in [-0.2, -0.15) is 0 Å². The van der Waals surface area contributed by atoms with Crippen molar-refractivity contribution in [1.82, 2.24) is 10.9 Å². The van der Waals surface area contributed by atoms with Gasteiger partial charge in [-0.15, -0.1) is 0 Å². The first kappa shape index (κ1) is 38.0.